The van der Waals surface area contributed by atoms with E-state index < -0.39 is 0 Å². The molecule has 1 aliphatic heterocycles. The summed E-state index contributed by atoms with van der Waals surface area (Å²) in [4.78, 5) is 15.0. The van der Waals surface area contributed by atoms with Gasteiger partial charge in [0.05, 0.1) is 0 Å². The van der Waals surface area contributed by atoms with Gasteiger partial charge in [0.25, 0.3) is 5.91 Å². The lowest BCUT2D eigenvalue weighted by atomic mass is 9.87. The largest absolute Gasteiger partial charge is 0.334 e. The Morgan fingerprint density at radius 2 is 1.88 bits per heavy atom. The van der Waals surface area contributed by atoms with E-state index >= 15 is 0 Å². The molecule has 2 aromatic carbocycles. The number of benzene rings is 2. The second-order valence-electron chi connectivity index (χ2n) is 7.55. The van der Waals surface area contributed by atoms with Crippen molar-refractivity contribution in [2.24, 2.45) is 5.73 Å². The normalized spacial score (nSPS) is 20.9. The molecule has 0 aromatic heterocycles. The Morgan fingerprint density at radius 1 is 1.16 bits per heavy atom. The van der Waals surface area contributed by atoms with Crippen molar-refractivity contribution in [3.05, 3.63) is 70.8 Å². The highest BCUT2D eigenvalue weighted by atomic mass is 16.2. The summed E-state index contributed by atoms with van der Waals surface area (Å²) in [5.74, 6) is 0.567. The van der Waals surface area contributed by atoms with Crippen molar-refractivity contribution in [3.63, 3.8) is 0 Å². The van der Waals surface area contributed by atoms with E-state index in [1.807, 2.05) is 17.0 Å². The number of carbonyl (C=O) groups excluding carboxylic acids is 1. The molecule has 1 amide bonds. The van der Waals surface area contributed by atoms with Crippen LogP contribution in [-0.4, -0.2) is 23.9 Å². The Morgan fingerprint density at radius 3 is 2.52 bits per heavy atom. The molecular formula is C22H26N2O. The van der Waals surface area contributed by atoms with Gasteiger partial charge in [-0.15, -0.1) is 0 Å². The van der Waals surface area contributed by atoms with Gasteiger partial charge in [-0.1, -0.05) is 43.3 Å². The quantitative estimate of drug-likeness (QED) is 0.924. The van der Waals surface area contributed by atoms with Crippen molar-refractivity contribution in [2.75, 3.05) is 13.1 Å². The van der Waals surface area contributed by atoms with Gasteiger partial charge in [-0.3, -0.25) is 4.79 Å². The Labute approximate surface area is 149 Å². The molecule has 0 spiro atoms. The number of fused-ring (bicyclic) bond motifs is 1. The zero-order chi connectivity index (χ0) is 17.4. The van der Waals surface area contributed by atoms with Gasteiger partial charge in [-0.2, -0.15) is 0 Å². The predicted octanol–water partition coefficient (Wildman–Crippen LogP) is 3.83. The van der Waals surface area contributed by atoms with Crippen LogP contribution in [0.1, 0.15) is 59.2 Å². The standard InChI is InChI=1S/C22H26N2O/c1-2-16-13-24(14-18-5-3-4-6-20(16)18)21(25)17-7-9-19(10-8-17)22(15-23)11-12-22/h3-10,16H,2,11-15,23H2,1H3/t16-/m0/s1. The summed E-state index contributed by atoms with van der Waals surface area (Å²) in [5.41, 5.74) is 10.8. The summed E-state index contributed by atoms with van der Waals surface area (Å²) in [5, 5.41) is 0. The molecule has 3 heteroatoms. The highest BCUT2D eigenvalue weighted by Crippen LogP contribution is 2.47. The van der Waals surface area contributed by atoms with Gasteiger partial charge in [0.15, 0.2) is 0 Å². The highest BCUT2D eigenvalue weighted by Gasteiger charge is 2.42. The molecule has 0 saturated heterocycles. The van der Waals surface area contributed by atoms with Gasteiger partial charge in [-0.25, -0.2) is 0 Å². The third-order valence-corrected chi connectivity index (χ3v) is 6.07. The van der Waals surface area contributed by atoms with Gasteiger partial charge in [0.2, 0.25) is 0 Å². The van der Waals surface area contributed by atoms with E-state index in [2.05, 4.69) is 43.3 Å². The van der Waals surface area contributed by atoms with Crippen molar-refractivity contribution in [3.8, 4) is 0 Å². The maximum absolute atomic E-state index is 13.0. The van der Waals surface area contributed by atoms with Gasteiger partial charge in [0.1, 0.15) is 0 Å². The molecule has 0 unspecified atom stereocenters. The topological polar surface area (TPSA) is 46.3 Å². The molecule has 1 fully saturated rings. The lowest BCUT2D eigenvalue weighted by Gasteiger charge is -2.34. The minimum atomic E-state index is 0.136. The predicted molar refractivity (Wildman–Crippen MR) is 101 cm³/mol. The zero-order valence-electron chi connectivity index (χ0n) is 14.9. The van der Waals surface area contributed by atoms with E-state index in [9.17, 15) is 4.79 Å². The zero-order valence-corrected chi connectivity index (χ0v) is 14.9. The lowest BCUT2D eigenvalue weighted by molar-refractivity contribution is 0.0716. The van der Waals surface area contributed by atoms with Crippen LogP contribution in [0.25, 0.3) is 0 Å². The van der Waals surface area contributed by atoms with Crippen molar-refractivity contribution < 1.29 is 4.79 Å². The van der Waals surface area contributed by atoms with Crippen LogP contribution in [0.2, 0.25) is 0 Å². The van der Waals surface area contributed by atoms with E-state index in [-0.39, 0.29) is 11.3 Å². The van der Waals surface area contributed by atoms with Crippen LogP contribution in [0.15, 0.2) is 48.5 Å². The molecule has 0 radical (unpaired) electrons. The Bertz CT molecular complexity index is 777. The molecule has 2 N–H and O–H groups in total. The van der Waals surface area contributed by atoms with Crippen molar-refractivity contribution in [1.82, 2.24) is 4.90 Å². The summed E-state index contributed by atoms with van der Waals surface area (Å²) >= 11 is 0. The highest BCUT2D eigenvalue weighted by molar-refractivity contribution is 5.94. The van der Waals surface area contributed by atoms with E-state index in [0.29, 0.717) is 19.0 Å². The first-order valence-electron chi connectivity index (χ1n) is 9.34. The van der Waals surface area contributed by atoms with E-state index in [4.69, 9.17) is 5.73 Å². The number of nitrogens with two attached hydrogens (primary N) is 1. The van der Waals surface area contributed by atoms with Crippen LogP contribution in [0.5, 0.6) is 0 Å². The van der Waals surface area contributed by atoms with Crippen LogP contribution < -0.4 is 5.73 Å². The van der Waals surface area contributed by atoms with Crippen LogP contribution >= 0.6 is 0 Å². The number of carbonyl (C=O) groups is 1. The second kappa shape index (κ2) is 6.30. The average molecular weight is 334 g/mol. The molecule has 4 rings (SSSR count). The van der Waals surface area contributed by atoms with E-state index in [1.54, 1.807) is 0 Å². The molecular weight excluding hydrogens is 308 g/mol. The fourth-order valence-corrected chi connectivity index (χ4v) is 4.13. The first-order valence-corrected chi connectivity index (χ1v) is 9.34. The second-order valence-corrected chi connectivity index (χ2v) is 7.55. The number of rotatable bonds is 4. The third kappa shape index (κ3) is 2.87. The number of nitrogens with zero attached hydrogens (tertiary/aromatic N) is 1. The minimum Gasteiger partial charge on any atom is -0.334 e. The van der Waals surface area contributed by atoms with Gasteiger partial charge < -0.3 is 10.6 Å². The number of hydrogen-bond donors (Lipinski definition) is 1. The van der Waals surface area contributed by atoms with Crippen LogP contribution in [0, 0.1) is 0 Å². The summed E-state index contributed by atoms with van der Waals surface area (Å²) in [7, 11) is 0. The summed E-state index contributed by atoms with van der Waals surface area (Å²) in [6, 6.07) is 16.7. The first kappa shape index (κ1) is 16.3. The van der Waals surface area contributed by atoms with Crippen molar-refractivity contribution in [2.45, 2.75) is 44.1 Å². The molecule has 0 bridgehead atoms. The summed E-state index contributed by atoms with van der Waals surface area (Å²) in [6.07, 6.45) is 3.38. The van der Waals surface area contributed by atoms with Crippen LogP contribution in [0.4, 0.5) is 0 Å². The van der Waals surface area contributed by atoms with Crippen LogP contribution in [-0.2, 0) is 12.0 Å². The van der Waals surface area contributed by atoms with Gasteiger partial charge in [0, 0.05) is 36.5 Å². The number of hydrogen-bond acceptors (Lipinski definition) is 2. The monoisotopic (exact) mass is 334 g/mol. The molecule has 3 nitrogen and oxygen atoms in total. The molecule has 2 aliphatic rings. The average Bonchev–Trinajstić information content (AvgIpc) is 3.48. The van der Waals surface area contributed by atoms with Gasteiger partial charge in [-0.05, 0) is 48.1 Å². The van der Waals surface area contributed by atoms with Crippen molar-refractivity contribution in [1.29, 1.82) is 0 Å². The maximum Gasteiger partial charge on any atom is 0.254 e. The maximum atomic E-state index is 13.0. The minimum absolute atomic E-state index is 0.136. The molecule has 130 valence electrons. The van der Waals surface area contributed by atoms with E-state index in [1.165, 1.54) is 16.7 Å². The fourth-order valence-electron chi connectivity index (χ4n) is 4.13. The van der Waals surface area contributed by atoms with Crippen LogP contribution in [0.3, 0.4) is 0 Å². The SMILES string of the molecule is CC[C@H]1CN(C(=O)c2ccc(C3(CN)CC3)cc2)Cc2ccccc21. The molecule has 25 heavy (non-hydrogen) atoms. The lowest BCUT2D eigenvalue weighted by Crippen LogP contribution is -2.38. The molecule has 2 aromatic rings. The summed E-state index contributed by atoms with van der Waals surface area (Å²) < 4.78 is 0. The molecule has 1 aliphatic carbocycles. The Balaban J connectivity index is 1.55. The third-order valence-electron chi connectivity index (χ3n) is 6.07. The Kier molecular flexibility index (Phi) is 4.12. The summed E-state index contributed by atoms with van der Waals surface area (Å²) in [6.45, 7) is 4.41. The molecule has 1 atom stereocenters. The number of amides is 1. The smallest absolute Gasteiger partial charge is 0.254 e. The van der Waals surface area contributed by atoms with Gasteiger partial charge >= 0.3 is 0 Å². The molecule has 1 saturated carbocycles. The Hall–Kier alpha value is -2.13. The van der Waals surface area contributed by atoms with E-state index in [0.717, 1.165) is 31.4 Å². The first-order chi connectivity index (χ1) is 12.2. The van der Waals surface area contributed by atoms with Crippen molar-refractivity contribution >= 4 is 5.91 Å². The fraction of sp³-hybridized carbons (Fsp3) is 0.409. The molecule has 1 heterocycles.